The van der Waals surface area contributed by atoms with Gasteiger partial charge >= 0.3 is 0 Å². The molecule has 0 spiro atoms. The lowest BCUT2D eigenvalue weighted by molar-refractivity contribution is 0.0746. The predicted octanol–water partition coefficient (Wildman–Crippen LogP) is 4.16. The van der Waals surface area contributed by atoms with Gasteiger partial charge in [0.15, 0.2) is 5.78 Å². The Hall–Kier alpha value is -1.45. The second-order valence-electron chi connectivity index (χ2n) is 5.27. The average Bonchev–Trinajstić information content (AvgIpc) is 2.49. The Labute approximate surface area is 134 Å². The summed E-state index contributed by atoms with van der Waals surface area (Å²) in [5.74, 6) is -0.246. The van der Waals surface area contributed by atoms with Gasteiger partial charge in [0.25, 0.3) is 0 Å². The smallest absolute Gasteiger partial charge is 0.196 e. The number of Topliss-reactive ketones (excluding diaryl/α,β-unsaturated/α-hetero) is 1. The van der Waals surface area contributed by atoms with Crippen LogP contribution in [0.3, 0.4) is 0 Å². The maximum Gasteiger partial charge on any atom is 0.196 e. The molecule has 2 rings (SSSR count). The number of carbonyl (C=O) groups is 1. The fourth-order valence-corrected chi connectivity index (χ4v) is 2.73. The van der Waals surface area contributed by atoms with Crippen LogP contribution in [0, 0.1) is 13.8 Å². The minimum absolute atomic E-state index is 0.246. The molecule has 2 nitrogen and oxygen atoms in total. The van der Waals surface area contributed by atoms with Crippen molar-refractivity contribution >= 4 is 21.7 Å². The largest absolute Gasteiger partial charge is 0.380 e. The van der Waals surface area contributed by atoms with Crippen molar-refractivity contribution < 1.29 is 9.90 Å². The lowest BCUT2D eigenvalue weighted by atomic mass is 9.95. The second-order valence-corrected chi connectivity index (χ2v) is 6.06. The van der Waals surface area contributed by atoms with Crippen LogP contribution in [0.2, 0.25) is 0 Å². The minimum atomic E-state index is -1.11. The molecule has 0 radical (unpaired) electrons. The molecular weight excluding hydrogens is 328 g/mol. The zero-order valence-corrected chi connectivity index (χ0v) is 13.9. The van der Waals surface area contributed by atoms with E-state index in [2.05, 4.69) is 15.9 Å². The number of hydrogen-bond donors (Lipinski definition) is 1. The van der Waals surface area contributed by atoms with Crippen molar-refractivity contribution in [2.24, 2.45) is 0 Å². The fraction of sp³-hybridized carbons (Fsp3) is 0.278. The molecule has 0 aliphatic heterocycles. The molecule has 0 saturated carbocycles. The average molecular weight is 347 g/mol. The third-order valence-electron chi connectivity index (χ3n) is 3.59. The summed E-state index contributed by atoms with van der Waals surface area (Å²) >= 11 is 3.40. The van der Waals surface area contributed by atoms with E-state index in [1.165, 1.54) is 5.56 Å². The van der Waals surface area contributed by atoms with Gasteiger partial charge in [-0.1, -0.05) is 57.9 Å². The van der Waals surface area contributed by atoms with E-state index in [4.69, 9.17) is 0 Å². The Balaban J connectivity index is 2.24. The summed E-state index contributed by atoms with van der Waals surface area (Å²) in [6, 6.07) is 13.3. The van der Waals surface area contributed by atoms with Crippen LogP contribution in [0.1, 0.15) is 38.7 Å². The third kappa shape index (κ3) is 3.80. The lowest BCUT2D eigenvalue weighted by Gasteiger charge is -2.13. The molecule has 110 valence electrons. The van der Waals surface area contributed by atoms with E-state index in [9.17, 15) is 9.90 Å². The van der Waals surface area contributed by atoms with E-state index in [-0.39, 0.29) is 5.78 Å². The highest BCUT2D eigenvalue weighted by Crippen LogP contribution is 2.22. The number of ketones is 1. The molecule has 0 aliphatic carbocycles. The van der Waals surface area contributed by atoms with E-state index in [0.717, 1.165) is 22.9 Å². The summed E-state index contributed by atoms with van der Waals surface area (Å²) in [4.78, 5) is 12.5. The highest BCUT2D eigenvalue weighted by Gasteiger charge is 2.20. The summed E-state index contributed by atoms with van der Waals surface area (Å²) in [7, 11) is 0. The standard InChI is InChI=1S/C18H19BrO2/c1-12-3-4-13(2)16(11-12)18(21)17(20)15-7-5-14(6-8-15)9-10-19/h3-8,11,17,20H,9-10H2,1-2H3. The van der Waals surface area contributed by atoms with Crippen LogP contribution in [0.15, 0.2) is 42.5 Å². The van der Waals surface area contributed by atoms with Crippen LogP contribution in [0.5, 0.6) is 0 Å². The predicted molar refractivity (Wildman–Crippen MR) is 89.1 cm³/mol. The van der Waals surface area contributed by atoms with Crippen LogP contribution in [0.4, 0.5) is 0 Å². The van der Waals surface area contributed by atoms with E-state index < -0.39 is 6.10 Å². The summed E-state index contributed by atoms with van der Waals surface area (Å²) < 4.78 is 0. The Morgan fingerprint density at radius 2 is 1.81 bits per heavy atom. The molecule has 0 bridgehead atoms. The van der Waals surface area contributed by atoms with Gasteiger partial charge in [-0.15, -0.1) is 0 Å². The molecule has 0 aliphatic rings. The lowest BCUT2D eigenvalue weighted by Crippen LogP contribution is -2.14. The fourth-order valence-electron chi connectivity index (χ4n) is 2.28. The Bertz CT molecular complexity index is 632. The van der Waals surface area contributed by atoms with Crippen molar-refractivity contribution in [3.8, 4) is 0 Å². The maximum atomic E-state index is 12.5. The normalized spacial score (nSPS) is 12.2. The zero-order valence-electron chi connectivity index (χ0n) is 12.3. The highest BCUT2D eigenvalue weighted by molar-refractivity contribution is 9.09. The number of rotatable bonds is 5. The third-order valence-corrected chi connectivity index (χ3v) is 3.98. The molecule has 2 aromatic rings. The number of benzene rings is 2. The molecule has 1 unspecified atom stereocenters. The van der Waals surface area contributed by atoms with Gasteiger partial charge < -0.3 is 5.11 Å². The van der Waals surface area contributed by atoms with Crippen LogP contribution < -0.4 is 0 Å². The molecule has 1 atom stereocenters. The van der Waals surface area contributed by atoms with Gasteiger partial charge in [0.1, 0.15) is 6.10 Å². The Morgan fingerprint density at radius 1 is 1.14 bits per heavy atom. The summed E-state index contributed by atoms with van der Waals surface area (Å²) in [5.41, 5.74) is 4.32. The molecule has 0 saturated heterocycles. The first-order valence-corrected chi connectivity index (χ1v) is 8.09. The van der Waals surface area contributed by atoms with Gasteiger partial charge in [-0.05, 0) is 43.0 Å². The summed E-state index contributed by atoms with van der Waals surface area (Å²) in [6.45, 7) is 3.83. The first kappa shape index (κ1) is 15.9. The monoisotopic (exact) mass is 346 g/mol. The van der Waals surface area contributed by atoms with Gasteiger partial charge in [0.05, 0.1) is 0 Å². The molecule has 21 heavy (non-hydrogen) atoms. The summed E-state index contributed by atoms with van der Waals surface area (Å²) in [5, 5.41) is 11.2. The quantitative estimate of drug-likeness (QED) is 0.652. The van der Waals surface area contributed by atoms with Crippen molar-refractivity contribution in [2.75, 3.05) is 5.33 Å². The van der Waals surface area contributed by atoms with Crippen molar-refractivity contribution in [1.29, 1.82) is 0 Å². The van der Waals surface area contributed by atoms with Gasteiger partial charge in [0.2, 0.25) is 0 Å². The number of hydrogen-bond acceptors (Lipinski definition) is 2. The second kappa shape index (κ2) is 7.01. The van der Waals surface area contributed by atoms with Crippen molar-refractivity contribution in [3.63, 3.8) is 0 Å². The van der Waals surface area contributed by atoms with Gasteiger partial charge in [-0.3, -0.25) is 4.79 Å². The zero-order chi connectivity index (χ0) is 15.4. The van der Waals surface area contributed by atoms with Crippen LogP contribution >= 0.6 is 15.9 Å². The number of carbonyl (C=O) groups excluding carboxylic acids is 1. The van der Waals surface area contributed by atoms with Crippen molar-refractivity contribution in [3.05, 3.63) is 70.3 Å². The van der Waals surface area contributed by atoms with Crippen molar-refractivity contribution in [2.45, 2.75) is 26.4 Å². The van der Waals surface area contributed by atoms with Crippen LogP contribution in [0.25, 0.3) is 0 Å². The molecule has 1 N–H and O–H groups in total. The number of aryl methyl sites for hydroxylation is 3. The number of alkyl halides is 1. The van der Waals surface area contributed by atoms with E-state index in [0.29, 0.717) is 11.1 Å². The number of aliphatic hydroxyl groups excluding tert-OH is 1. The summed E-state index contributed by atoms with van der Waals surface area (Å²) in [6.07, 6.45) is -0.176. The minimum Gasteiger partial charge on any atom is -0.380 e. The van der Waals surface area contributed by atoms with Gasteiger partial charge in [-0.25, -0.2) is 0 Å². The van der Waals surface area contributed by atoms with E-state index in [1.54, 1.807) is 0 Å². The van der Waals surface area contributed by atoms with Crippen LogP contribution in [-0.2, 0) is 6.42 Å². The van der Waals surface area contributed by atoms with E-state index >= 15 is 0 Å². The van der Waals surface area contributed by atoms with Gasteiger partial charge in [-0.2, -0.15) is 0 Å². The molecular formula is C18H19BrO2. The molecule has 3 heteroatoms. The molecule has 2 aromatic carbocycles. The maximum absolute atomic E-state index is 12.5. The molecule has 0 fully saturated rings. The van der Waals surface area contributed by atoms with Crippen molar-refractivity contribution in [1.82, 2.24) is 0 Å². The number of aliphatic hydroxyl groups is 1. The topological polar surface area (TPSA) is 37.3 Å². The van der Waals surface area contributed by atoms with Gasteiger partial charge in [0, 0.05) is 10.9 Å². The molecule has 0 aromatic heterocycles. The Kier molecular flexibility index (Phi) is 5.32. The first-order valence-electron chi connectivity index (χ1n) is 6.97. The number of halogens is 1. The van der Waals surface area contributed by atoms with Crippen LogP contribution in [-0.4, -0.2) is 16.2 Å². The molecule has 0 amide bonds. The highest BCUT2D eigenvalue weighted by atomic mass is 79.9. The SMILES string of the molecule is Cc1ccc(C)c(C(=O)C(O)c2ccc(CCBr)cc2)c1. The Morgan fingerprint density at radius 3 is 2.43 bits per heavy atom. The first-order chi connectivity index (χ1) is 10.0. The molecule has 0 heterocycles. The van der Waals surface area contributed by atoms with E-state index in [1.807, 2.05) is 56.3 Å².